The van der Waals surface area contributed by atoms with E-state index in [0.29, 0.717) is 6.42 Å². The van der Waals surface area contributed by atoms with Crippen LogP contribution in [0.4, 0.5) is 13.2 Å². The van der Waals surface area contributed by atoms with Crippen molar-refractivity contribution in [3.63, 3.8) is 0 Å². The molecule has 3 atom stereocenters. The fraction of sp³-hybridized carbons (Fsp3) is 1.00. The van der Waals surface area contributed by atoms with Crippen LogP contribution >= 0.6 is 0 Å². The molecule has 0 radical (unpaired) electrons. The summed E-state index contributed by atoms with van der Waals surface area (Å²) in [5, 5.41) is 0. The molecule has 3 unspecified atom stereocenters. The van der Waals surface area contributed by atoms with Crippen molar-refractivity contribution in [3.05, 3.63) is 0 Å². The van der Waals surface area contributed by atoms with Crippen LogP contribution in [-0.2, 0) is 0 Å². The zero-order valence-electron chi connectivity index (χ0n) is 12.2. The summed E-state index contributed by atoms with van der Waals surface area (Å²) in [6.45, 7) is 6.42. The van der Waals surface area contributed by atoms with E-state index in [2.05, 4.69) is 26.2 Å². The van der Waals surface area contributed by atoms with Crippen molar-refractivity contribution in [2.75, 3.05) is 0 Å². The van der Waals surface area contributed by atoms with Crippen molar-refractivity contribution >= 4 is 0 Å². The molecular weight excluding hydrogens is 253 g/mol. The molecule has 19 heavy (non-hydrogen) atoms. The van der Waals surface area contributed by atoms with E-state index in [-0.39, 0.29) is 30.2 Å². The Bertz CT molecular complexity index is 271. The monoisotopic (exact) mass is 280 g/mol. The highest BCUT2D eigenvalue weighted by Gasteiger charge is 2.43. The van der Waals surface area contributed by atoms with E-state index in [0.717, 1.165) is 19.3 Å². The molecule has 1 aliphatic carbocycles. The molecule has 0 aromatic carbocycles. The molecule has 1 aliphatic rings. The third-order valence-electron chi connectivity index (χ3n) is 4.17. The molecule has 3 N–H and O–H groups in total. The summed E-state index contributed by atoms with van der Waals surface area (Å²) in [7, 11) is 0. The average molecular weight is 280 g/mol. The Balaban J connectivity index is 2.56. The van der Waals surface area contributed by atoms with E-state index in [1.165, 1.54) is 0 Å². The van der Waals surface area contributed by atoms with Gasteiger partial charge in [-0.05, 0) is 43.4 Å². The fourth-order valence-electron chi connectivity index (χ4n) is 2.93. The molecule has 5 heteroatoms. The number of nitrogens with two attached hydrogens (primary N) is 1. The highest BCUT2D eigenvalue weighted by Crippen LogP contribution is 2.41. The molecule has 0 bridgehead atoms. The quantitative estimate of drug-likeness (QED) is 0.603. The number of rotatable bonds is 4. The van der Waals surface area contributed by atoms with Crippen LogP contribution in [0, 0.1) is 17.3 Å². The van der Waals surface area contributed by atoms with Gasteiger partial charge in [-0.3, -0.25) is 11.3 Å². The number of nitrogens with one attached hydrogen (secondary N) is 1. The van der Waals surface area contributed by atoms with E-state index in [4.69, 9.17) is 5.84 Å². The number of hydrazine groups is 1. The Kier molecular flexibility index (Phi) is 5.68. The van der Waals surface area contributed by atoms with Crippen LogP contribution < -0.4 is 11.3 Å². The van der Waals surface area contributed by atoms with Gasteiger partial charge in [0.25, 0.3) is 0 Å². The Hall–Kier alpha value is -0.290. The molecule has 2 nitrogen and oxygen atoms in total. The predicted octanol–water partition coefficient (Wildman–Crippen LogP) is 4.01. The molecule has 1 fully saturated rings. The summed E-state index contributed by atoms with van der Waals surface area (Å²) in [5.74, 6) is 4.46. The number of hydrogen-bond acceptors (Lipinski definition) is 2. The molecule has 1 saturated carbocycles. The Labute approximate surface area is 114 Å². The largest absolute Gasteiger partial charge is 0.391 e. The van der Waals surface area contributed by atoms with Gasteiger partial charge in [-0.1, -0.05) is 27.2 Å². The second-order valence-corrected chi connectivity index (χ2v) is 7.04. The lowest BCUT2D eigenvalue weighted by Crippen LogP contribution is -2.44. The van der Waals surface area contributed by atoms with Crippen LogP contribution in [0.3, 0.4) is 0 Å². The SMILES string of the molecule is CC(C)(C)CCC(NN)C1CCCC(C(F)(F)F)C1. The molecule has 1 rings (SSSR count). The number of alkyl halides is 3. The average Bonchev–Trinajstić information content (AvgIpc) is 2.27. The van der Waals surface area contributed by atoms with Gasteiger partial charge in [0.2, 0.25) is 0 Å². The minimum Gasteiger partial charge on any atom is -0.271 e. The van der Waals surface area contributed by atoms with Crippen LogP contribution in [0.15, 0.2) is 0 Å². The summed E-state index contributed by atoms with van der Waals surface area (Å²) in [5.41, 5.74) is 2.94. The molecule has 0 aliphatic heterocycles. The highest BCUT2D eigenvalue weighted by atomic mass is 19.4. The van der Waals surface area contributed by atoms with E-state index >= 15 is 0 Å². The summed E-state index contributed by atoms with van der Waals surface area (Å²) in [4.78, 5) is 0. The maximum absolute atomic E-state index is 12.8. The molecule has 0 aromatic rings. The minimum atomic E-state index is -4.05. The lowest BCUT2D eigenvalue weighted by molar-refractivity contribution is -0.186. The predicted molar refractivity (Wildman–Crippen MR) is 71.3 cm³/mol. The van der Waals surface area contributed by atoms with Crippen molar-refractivity contribution in [1.29, 1.82) is 0 Å². The third kappa shape index (κ3) is 5.69. The van der Waals surface area contributed by atoms with Gasteiger partial charge >= 0.3 is 6.18 Å². The van der Waals surface area contributed by atoms with E-state index in [9.17, 15) is 13.2 Å². The van der Waals surface area contributed by atoms with Crippen molar-refractivity contribution in [3.8, 4) is 0 Å². The van der Waals surface area contributed by atoms with Crippen LogP contribution in [0.1, 0.15) is 59.3 Å². The second-order valence-electron chi connectivity index (χ2n) is 7.04. The van der Waals surface area contributed by atoms with E-state index in [1.54, 1.807) is 0 Å². The lowest BCUT2D eigenvalue weighted by Gasteiger charge is -2.36. The first-order chi connectivity index (χ1) is 8.63. The van der Waals surface area contributed by atoms with Crippen molar-refractivity contribution in [2.24, 2.45) is 23.1 Å². The molecule has 0 spiro atoms. The standard InChI is InChI=1S/C14H27F3N2/c1-13(2,3)8-7-12(19-18)10-5-4-6-11(9-10)14(15,16)17/h10-12,19H,4-9,18H2,1-3H3. The second kappa shape index (κ2) is 6.44. The first kappa shape index (κ1) is 16.8. The van der Waals surface area contributed by atoms with Gasteiger partial charge < -0.3 is 0 Å². The van der Waals surface area contributed by atoms with Crippen molar-refractivity contribution in [2.45, 2.75) is 71.5 Å². The number of halogens is 3. The summed E-state index contributed by atoms with van der Waals surface area (Å²) in [6, 6.07) is 0.00405. The maximum Gasteiger partial charge on any atom is 0.391 e. The normalized spacial score (nSPS) is 27.3. The number of hydrogen-bond donors (Lipinski definition) is 2. The zero-order chi connectivity index (χ0) is 14.7. The molecular formula is C14H27F3N2. The third-order valence-corrected chi connectivity index (χ3v) is 4.17. The smallest absolute Gasteiger partial charge is 0.271 e. The fourth-order valence-corrected chi connectivity index (χ4v) is 2.93. The molecule has 0 amide bonds. The highest BCUT2D eigenvalue weighted by molar-refractivity contribution is 4.85. The molecule has 0 saturated heterocycles. The minimum absolute atomic E-state index is 0.00405. The van der Waals surface area contributed by atoms with Crippen LogP contribution in [0.2, 0.25) is 0 Å². The van der Waals surface area contributed by atoms with Crippen molar-refractivity contribution < 1.29 is 13.2 Å². The Morgan fingerprint density at radius 2 is 1.84 bits per heavy atom. The zero-order valence-corrected chi connectivity index (χ0v) is 12.2. The van der Waals surface area contributed by atoms with Gasteiger partial charge in [0, 0.05) is 6.04 Å². The van der Waals surface area contributed by atoms with Crippen LogP contribution in [0.5, 0.6) is 0 Å². The van der Waals surface area contributed by atoms with Gasteiger partial charge in [0.05, 0.1) is 5.92 Å². The summed E-state index contributed by atoms with van der Waals surface area (Å²) in [6.07, 6.45) is -0.237. The van der Waals surface area contributed by atoms with Gasteiger partial charge in [-0.15, -0.1) is 0 Å². The van der Waals surface area contributed by atoms with E-state index < -0.39 is 12.1 Å². The molecule has 114 valence electrons. The molecule has 0 aromatic heterocycles. The topological polar surface area (TPSA) is 38.0 Å². The summed E-state index contributed by atoms with van der Waals surface area (Å²) < 4.78 is 38.4. The van der Waals surface area contributed by atoms with Crippen LogP contribution in [-0.4, -0.2) is 12.2 Å². The maximum atomic E-state index is 12.8. The first-order valence-corrected chi connectivity index (χ1v) is 7.16. The molecule has 0 heterocycles. The van der Waals surface area contributed by atoms with Gasteiger partial charge in [0.1, 0.15) is 0 Å². The lowest BCUT2D eigenvalue weighted by atomic mass is 9.75. The van der Waals surface area contributed by atoms with E-state index in [1.807, 2.05) is 0 Å². The van der Waals surface area contributed by atoms with Gasteiger partial charge in [-0.2, -0.15) is 13.2 Å². The first-order valence-electron chi connectivity index (χ1n) is 7.16. The Morgan fingerprint density at radius 3 is 2.32 bits per heavy atom. The van der Waals surface area contributed by atoms with Gasteiger partial charge in [-0.25, -0.2) is 0 Å². The van der Waals surface area contributed by atoms with Gasteiger partial charge in [0.15, 0.2) is 0 Å². The van der Waals surface area contributed by atoms with Crippen LogP contribution in [0.25, 0.3) is 0 Å². The Morgan fingerprint density at radius 1 is 1.21 bits per heavy atom. The van der Waals surface area contributed by atoms with Crippen molar-refractivity contribution in [1.82, 2.24) is 5.43 Å². The summed E-state index contributed by atoms with van der Waals surface area (Å²) >= 11 is 0.